The van der Waals surface area contributed by atoms with Crippen LogP contribution in [0.1, 0.15) is 226 Å². The molecule has 35 atom stereocenters. The normalized spacial score (nSPS) is 36.1. The van der Waals surface area contributed by atoms with E-state index in [1.807, 2.05) is 41.5 Å². The molecule has 14 bridgehead atoms. The van der Waals surface area contributed by atoms with Crippen molar-refractivity contribution >= 4 is 77.4 Å². The fraction of sp³-hybridized carbons (Fsp3) is 0.811. The standard InChI is InChI=1S/C90H135N7O38/c1-25-28-31-95(89(110)135-90(22,23)24)32-29-30-60(109)59-34-97(94-92-59)35-63-68-40(4)43(7)82(123-63)129-69-41(5)45(9)84(126-65(69)37-111-48(12)99)132-73-61(26-2)122-87(80(119-56(20)107)76(73)115-52(16)103)134-75-64(36-96-33-58(47(11)98)91-93-96)124-88(81(120-57(21)108)78(75)117-54(18)105)133-74-62(27-3)121-86(79(118-55(19)106)77(74)116-53(17)104)131-71-46(10)72(114-51(15)102)85(127-67(71)39-113-50(14)101)130-70-42(6)44(8)83(128-68)125-66(70)38-112-49(13)100/h33-34,40-46,61-88H,25-32,35-39H2,1-24H3/t40-,41-,42-,43?,44?,45?,46+,61?,62?,63?,64?,65?,66?,67?,68+,69+,70+,71+,72?,73-,74-,75-,76+,77+,78+,79?,80?,81?,82-,83-,84+,85-,86-,87+,88+/m1/s1. The lowest BCUT2D eigenvalue weighted by atomic mass is 9.81. The van der Waals surface area contributed by atoms with Gasteiger partial charge in [-0.1, -0.05) is 86.1 Å². The molecule has 0 saturated carbocycles. The molecule has 0 aromatic carbocycles. The van der Waals surface area contributed by atoms with Gasteiger partial charge in [-0.25, -0.2) is 14.2 Å². The van der Waals surface area contributed by atoms with Gasteiger partial charge >= 0.3 is 65.8 Å². The Kier molecular flexibility index (Phi) is 38.5. The predicted octanol–water partition coefficient (Wildman–Crippen LogP) is 6.04. The molecule has 21 aliphatic rings. The van der Waals surface area contributed by atoms with Crippen molar-refractivity contribution in [1.82, 2.24) is 34.9 Å². The van der Waals surface area contributed by atoms with Gasteiger partial charge in [-0.05, 0) is 64.2 Å². The number of unbranched alkanes of at least 4 members (excludes halogenated alkanes) is 1. The van der Waals surface area contributed by atoms with E-state index >= 15 is 0 Å². The van der Waals surface area contributed by atoms with Crippen LogP contribution >= 0.6 is 0 Å². The highest BCUT2D eigenvalue weighted by molar-refractivity contribution is 5.94. The molecule has 0 aliphatic carbocycles. The zero-order valence-electron chi connectivity index (χ0n) is 81.2. The van der Waals surface area contributed by atoms with Crippen molar-refractivity contribution in [2.75, 3.05) is 32.9 Å². The number of nitrogens with zero attached hydrogens (tertiary/aromatic N) is 7. The maximum absolute atomic E-state index is 14.2. The average Bonchev–Trinajstić information content (AvgIpc) is 1.28. The van der Waals surface area contributed by atoms with Gasteiger partial charge < -0.3 is 123 Å². The van der Waals surface area contributed by atoms with Crippen molar-refractivity contribution in [3.63, 3.8) is 0 Å². The second-order valence-electron chi connectivity index (χ2n) is 36.8. The lowest BCUT2D eigenvalue weighted by Crippen LogP contribution is -2.69. The third kappa shape index (κ3) is 28.2. The van der Waals surface area contributed by atoms with Gasteiger partial charge in [-0.2, -0.15) is 0 Å². The number of aromatic nitrogens is 6. The summed E-state index contributed by atoms with van der Waals surface area (Å²) in [5.74, 6) is -15.1. The zero-order chi connectivity index (χ0) is 99.2. The summed E-state index contributed by atoms with van der Waals surface area (Å²) in [6, 6.07) is 0. The van der Waals surface area contributed by atoms with E-state index in [-0.39, 0.29) is 55.9 Å². The summed E-state index contributed by atoms with van der Waals surface area (Å²) in [5, 5.41) is 17.0. The van der Waals surface area contributed by atoms with Crippen molar-refractivity contribution in [3.05, 3.63) is 23.8 Å². The molecule has 135 heavy (non-hydrogen) atoms. The summed E-state index contributed by atoms with van der Waals surface area (Å²) in [6.07, 6.45) is -39.0. The van der Waals surface area contributed by atoms with Crippen molar-refractivity contribution in [3.8, 4) is 0 Å². The molecule has 758 valence electrons. The van der Waals surface area contributed by atoms with E-state index in [9.17, 15) is 62.3 Å². The fourth-order valence-electron chi connectivity index (χ4n) is 18.0. The molecule has 21 saturated heterocycles. The van der Waals surface area contributed by atoms with Gasteiger partial charge in [0.15, 0.2) is 98.3 Å². The van der Waals surface area contributed by atoms with Gasteiger partial charge in [-0.3, -0.25) is 57.5 Å². The second kappa shape index (κ2) is 48.1. The molecule has 14 unspecified atom stereocenters. The molecular formula is C90H135N7O38. The smallest absolute Gasteiger partial charge is 0.410 e. The lowest BCUT2D eigenvalue weighted by molar-refractivity contribution is -0.391. The maximum atomic E-state index is 14.2. The van der Waals surface area contributed by atoms with Gasteiger partial charge in [0.2, 0.25) is 0 Å². The predicted molar refractivity (Wildman–Crippen MR) is 455 cm³/mol. The quantitative estimate of drug-likeness (QED) is 0.0532. The number of rotatable bonds is 28. The SMILES string of the molecule is CCCCN(CCCC(=O)c1cn(CC2O[C@@H]3O[C@@H]4C(COC(C)=O)O[C@@H](O[C@@H]5C(CC)O[C@@H](O[C@@H]6C(Cn7cc(C(C)=O)nn7)O[C@@H](O[C@@H]7C(CC)O[C@H](O[C@@H]8C(COC(C)=O)O[C@H](O[C@@H]9C(COC(C)=O)O[C@H](O[C@H]2[C@H](C)C3C)C(C)[C@H]9C)C(OC(C)=O)[C@H]8C)C(OC(C)=O)[C@H]7OC(C)=O)C(OC(C)=O)[C@H]6OC(C)=O)C(OC(C)=O)[C@H]5OC(C)=O)C(C)[C@H]4C)nn1)C(=O)OC(C)(C)C. The van der Waals surface area contributed by atoms with E-state index in [0.29, 0.717) is 13.0 Å². The van der Waals surface area contributed by atoms with Gasteiger partial charge in [0.1, 0.15) is 85.6 Å². The Morgan fingerprint density at radius 2 is 0.622 bits per heavy atom. The largest absolute Gasteiger partial charge is 0.463 e. The van der Waals surface area contributed by atoms with Gasteiger partial charge in [0.25, 0.3) is 0 Å². The fourth-order valence-corrected chi connectivity index (χ4v) is 18.0. The molecule has 23 heterocycles. The summed E-state index contributed by atoms with van der Waals surface area (Å²) >= 11 is 0. The molecular weight excluding hydrogens is 1790 g/mol. The van der Waals surface area contributed by atoms with Crippen LogP contribution in [0, 0.1) is 41.4 Å². The third-order valence-corrected chi connectivity index (χ3v) is 25.1. The van der Waals surface area contributed by atoms with Crippen molar-refractivity contribution < 1.29 is 181 Å². The average molecular weight is 1920 g/mol. The lowest BCUT2D eigenvalue weighted by Gasteiger charge is -2.52. The molecule has 21 aliphatic heterocycles. The van der Waals surface area contributed by atoms with Crippen LogP contribution in [0.2, 0.25) is 0 Å². The molecule has 0 N–H and O–H groups in total. The number of carbonyl (C=O) groups is 13. The highest BCUT2D eigenvalue weighted by Crippen LogP contribution is 2.47. The Bertz CT molecular complexity index is 4390. The Balaban J connectivity index is 1.13. The molecule has 2 aromatic rings. The number of hydrogen-bond donors (Lipinski definition) is 0. The van der Waals surface area contributed by atoms with Crippen molar-refractivity contribution in [1.29, 1.82) is 0 Å². The van der Waals surface area contributed by atoms with Crippen LogP contribution in [0.4, 0.5) is 4.79 Å². The van der Waals surface area contributed by atoms with E-state index in [1.165, 1.54) is 37.8 Å². The Morgan fingerprint density at radius 1 is 0.333 bits per heavy atom. The number of amides is 1. The van der Waals surface area contributed by atoms with Crippen LogP contribution in [0.15, 0.2) is 12.4 Å². The summed E-state index contributed by atoms with van der Waals surface area (Å²) in [4.78, 5) is 178. The number of ether oxygens (including phenoxy) is 25. The highest BCUT2D eigenvalue weighted by atomic mass is 16.8. The van der Waals surface area contributed by atoms with Crippen LogP contribution in [-0.4, -0.2) is 323 Å². The first-order valence-electron chi connectivity index (χ1n) is 46.3. The summed E-state index contributed by atoms with van der Waals surface area (Å²) in [6.45, 7) is 33.8. The topological polar surface area (TPSA) is 517 Å². The minimum absolute atomic E-state index is 0.00367. The second-order valence-corrected chi connectivity index (χ2v) is 36.8. The summed E-state index contributed by atoms with van der Waals surface area (Å²) in [5.41, 5.74) is -0.897. The highest BCUT2D eigenvalue weighted by Gasteiger charge is 2.63. The van der Waals surface area contributed by atoms with Crippen LogP contribution in [-0.2, 0) is 179 Å². The molecule has 0 radical (unpaired) electrons. The van der Waals surface area contributed by atoms with Crippen molar-refractivity contribution in [2.24, 2.45) is 41.4 Å². The molecule has 1 amide bonds. The van der Waals surface area contributed by atoms with Crippen molar-refractivity contribution in [2.45, 2.75) is 396 Å². The zero-order valence-corrected chi connectivity index (χ0v) is 81.2. The first-order valence-corrected chi connectivity index (χ1v) is 46.3. The molecule has 21 fully saturated rings. The first kappa shape index (κ1) is 108. The van der Waals surface area contributed by atoms with E-state index in [1.54, 1.807) is 53.4 Å². The van der Waals surface area contributed by atoms with E-state index in [2.05, 4.69) is 20.6 Å². The molecule has 45 nitrogen and oxygen atoms in total. The number of carbonyl (C=O) groups excluding carboxylic acids is 13. The summed E-state index contributed by atoms with van der Waals surface area (Å²) < 4.78 is 167. The first-order chi connectivity index (χ1) is 63.7. The molecule has 2 aromatic heterocycles. The van der Waals surface area contributed by atoms with Crippen LogP contribution in [0.25, 0.3) is 0 Å². The number of Topliss-reactive ketones (excluding diaryl/α,β-unsaturated/α-hetero) is 2. The summed E-state index contributed by atoms with van der Waals surface area (Å²) in [7, 11) is 0. The number of esters is 10. The minimum atomic E-state index is -2.03. The minimum Gasteiger partial charge on any atom is -0.463 e. The van der Waals surface area contributed by atoms with Gasteiger partial charge in [0, 0.05) is 119 Å². The number of hydrogen-bond acceptors (Lipinski definition) is 42. The monoisotopic (exact) mass is 1920 g/mol. The van der Waals surface area contributed by atoms with E-state index < -0.39 is 317 Å². The Labute approximate surface area is 783 Å². The van der Waals surface area contributed by atoms with E-state index in [0.717, 1.165) is 66.5 Å². The number of ketones is 2. The van der Waals surface area contributed by atoms with Crippen LogP contribution in [0.5, 0.6) is 0 Å². The Morgan fingerprint density at radius 3 is 0.985 bits per heavy atom. The third-order valence-electron chi connectivity index (χ3n) is 25.1. The van der Waals surface area contributed by atoms with Crippen LogP contribution in [0.3, 0.4) is 0 Å². The Hall–Kier alpha value is -8.97. The molecule has 45 heteroatoms. The molecule has 23 rings (SSSR count). The van der Waals surface area contributed by atoms with Crippen LogP contribution < -0.4 is 0 Å². The molecule has 0 spiro atoms. The van der Waals surface area contributed by atoms with E-state index in [4.69, 9.17) is 118 Å². The van der Waals surface area contributed by atoms with Gasteiger partial charge in [0.05, 0.1) is 62.1 Å². The maximum Gasteiger partial charge on any atom is 0.410 e. The van der Waals surface area contributed by atoms with Gasteiger partial charge in [-0.15, -0.1) is 10.2 Å².